The van der Waals surface area contributed by atoms with Crippen LogP contribution in [-0.2, 0) is 16.0 Å². The normalized spacial score (nSPS) is 10.8. The van der Waals surface area contributed by atoms with Crippen molar-refractivity contribution in [2.75, 3.05) is 31.8 Å². The zero-order chi connectivity index (χ0) is 22.1. The SMILES string of the molecule is CCCCCN(C(=O)c1ccc(=O)n(CCOC)c1)c1nc(C)c(C(=O)OCC)s1. The molecule has 0 spiro atoms. The molecule has 2 rings (SSSR count). The number of hydrogen-bond acceptors (Lipinski definition) is 7. The lowest BCUT2D eigenvalue weighted by Gasteiger charge is -2.20. The first-order valence-electron chi connectivity index (χ1n) is 10.1. The first kappa shape index (κ1) is 23.8. The lowest BCUT2D eigenvalue weighted by atomic mass is 10.2. The van der Waals surface area contributed by atoms with Crippen molar-refractivity contribution in [2.24, 2.45) is 0 Å². The second-order valence-corrected chi connectivity index (χ2v) is 7.72. The van der Waals surface area contributed by atoms with Gasteiger partial charge in [-0.1, -0.05) is 31.1 Å². The highest BCUT2D eigenvalue weighted by atomic mass is 32.1. The maximum atomic E-state index is 13.3. The van der Waals surface area contributed by atoms with Crippen LogP contribution in [0.15, 0.2) is 23.1 Å². The van der Waals surface area contributed by atoms with Gasteiger partial charge in [-0.15, -0.1) is 0 Å². The lowest BCUT2D eigenvalue weighted by Crippen LogP contribution is -2.33. The Labute approximate surface area is 180 Å². The standard InChI is InChI=1S/C21H29N3O5S/c1-5-7-8-11-24(21-22-15(3)18(30-21)20(27)29-6-2)19(26)16-9-10-17(25)23(14-16)12-13-28-4/h9-10,14H,5-8,11-13H2,1-4H3. The van der Waals surface area contributed by atoms with Gasteiger partial charge in [-0.05, 0) is 26.3 Å². The lowest BCUT2D eigenvalue weighted by molar-refractivity contribution is 0.0531. The summed E-state index contributed by atoms with van der Waals surface area (Å²) in [6.07, 6.45) is 4.32. The molecule has 164 valence electrons. The third kappa shape index (κ3) is 5.99. The molecule has 9 heteroatoms. The number of aryl methyl sites for hydroxylation is 1. The molecule has 2 aromatic rings. The first-order valence-corrected chi connectivity index (χ1v) is 10.9. The van der Waals surface area contributed by atoms with E-state index in [2.05, 4.69) is 11.9 Å². The van der Waals surface area contributed by atoms with Gasteiger partial charge < -0.3 is 14.0 Å². The summed E-state index contributed by atoms with van der Waals surface area (Å²) in [7, 11) is 1.56. The highest BCUT2D eigenvalue weighted by Crippen LogP contribution is 2.28. The summed E-state index contributed by atoms with van der Waals surface area (Å²) in [6, 6.07) is 2.90. The van der Waals surface area contributed by atoms with Crippen molar-refractivity contribution in [3.63, 3.8) is 0 Å². The Balaban J connectivity index is 2.37. The second-order valence-electron chi connectivity index (χ2n) is 6.74. The van der Waals surface area contributed by atoms with E-state index >= 15 is 0 Å². The monoisotopic (exact) mass is 435 g/mol. The average molecular weight is 436 g/mol. The van der Waals surface area contributed by atoms with E-state index in [1.807, 2.05) is 0 Å². The number of carbonyl (C=O) groups is 2. The average Bonchev–Trinajstić information content (AvgIpc) is 3.11. The van der Waals surface area contributed by atoms with E-state index in [0.717, 1.165) is 30.6 Å². The first-order chi connectivity index (χ1) is 14.4. The Bertz CT molecular complexity index is 922. The highest BCUT2D eigenvalue weighted by Gasteiger charge is 2.25. The number of rotatable bonds is 11. The molecule has 0 bridgehead atoms. The molecule has 0 saturated heterocycles. The molecule has 0 aliphatic heterocycles. The van der Waals surface area contributed by atoms with Gasteiger partial charge in [0.1, 0.15) is 4.88 Å². The van der Waals surface area contributed by atoms with Crippen LogP contribution in [0.4, 0.5) is 5.13 Å². The summed E-state index contributed by atoms with van der Waals surface area (Å²) < 4.78 is 11.6. The summed E-state index contributed by atoms with van der Waals surface area (Å²) in [5, 5.41) is 0.450. The van der Waals surface area contributed by atoms with Crippen molar-refractivity contribution >= 4 is 28.3 Å². The van der Waals surface area contributed by atoms with Crippen molar-refractivity contribution < 1.29 is 19.1 Å². The number of carbonyl (C=O) groups excluding carboxylic acids is 2. The maximum Gasteiger partial charge on any atom is 0.350 e. The number of pyridine rings is 1. The summed E-state index contributed by atoms with van der Waals surface area (Å²) in [5.41, 5.74) is 0.718. The van der Waals surface area contributed by atoms with Crippen molar-refractivity contribution in [2.45, 2.75) is 46.6 Å². The smallest absolute Gasteiger partial charge is 0.350 e. The molecular weight excluding hydrogens is 406 g/mol. The second kappa shape index (κ2) is 11.6. The number of methoxy groups -OCH3 is 1. The van der Waals surface area contributed by atoms with E-state index in [1.54, 1.807) is 32.1 Å². The predicted molar refractivity (Wildman–Crippen MR) is 117 cm³/mol. The minimum absolute atomic E-state index is 0.198. The molecule has 1 amide bonds. The predicted octanol–water partition coefficient (Wildman–Crippen LogP) is 3.27. The third-order valence-corrected chi connectivity index (χ3v) is 5.63. The minimum atomic E-state index is -0.437. The number of unbranched alkanes of at least 4 members (excludes halogenated alkanes) is 2. The van der Waals surface area contributed by atoms with Gasteiger partial charge in [0.25, 0.3) is 11.5 Å². The maximum absolute atomic E-state index is 13.3. The van der Waals surface area contributed by atoms with Gasteiger partial charge in [-0.2, -0.15) is 0 Å². The number of nitrogens with zero attached hydrogens (tertiary/aromatic N) is 3. The van der Waals surface area contributed by atoms with E-state index in [1.165, 1.54) is 16.7 Å². The van der Waals surface area contributed by atoms with Crippen LogP contribution in [0.25, 0.3) is 0 Å². The van der Waals surface area contributed by atoms with Crippen LogP contribution in [0.2, 0.25) is 0 Å². The fraction of sp³-hybridized carbons (Fsp3) is 0.524. The molecular formula is C21H29N3O5S. The molecule has 2 heterocycles. The fourth-order valence-corrected chi connectivity index (χ4v) is 3.85. The van der Waals surface area contributed by atoms with Crippen LogP contribution in [0.1, 0.15) is 58.8 Å². The summed E-state index contributed by atoms with van der Waals surface area (Å²) in [4.78, 5) is 44.0. The third-order valence-electron chi connectivity index (χ3n) is 4.47. The van der Waals surface area contributed by atoms with Crippen LogP contribution in [0, 0.1) is 6.92 Å². The Morgan fingerprint density at radius 2 is 2.00 bits per heavy atom. The van der Waals surface area contributed by atoms with Crippen molar-refractivity contribution in [1.29, 1.82) is 0 Å². The van der Waals surface area contributed by atoms with Crippen LogP contribution >= 0.6 is 11.3 Å². The van der Waals surface area contributed by atoms with Crippen LogP contribution in [-0.4, -0.2) is 48.3 Å². The fourth-order valence-electron chi connectivity index (χ4n) is 2.87. The van der Waals surface area contributed by atoms with Crippen molar-refractivity contribution in [1.82, 2.24) is 9.55 Å². The molecule has 0 fully saturated rings. The van der Waals surface area contributed by atoms with E-state index < -0.39 is 5.97 Å². The Kier molecular flexibility index (Phi) is 9.19. The summed E-state index contributed by atoms with van der Waals surface area (Å²) in [6.45, 7) is 7.03. The molecule has 0 saturated carbocycles. The Hall–Kier alpha value is -2.52. The Morgan fingerprint density at radius 3 is 2.67 bits per heavy atom. The number of ether oxygens (including phenoxy) is 2. The number of thiazole rings is 1. The van der Waals surface area contributed by atoms with Gasteiger partial charge in [-0.3, -0.25) is 14.5 Å². The van der Waals surface area contributed by atoms with Crippen LogP contribution in [0.5, 0.6) is 0 Å². The molecule has 0 atom stereocenters. The number of hydrogen-bond donors (Lipinski definition) is 0. The minimum Gasteiger partial charge on any atom is -0.462 e. The summed E-state index contributed by atoms with van der Waals surface area (Å²) in [5.74, 6) is -0.700. The van der Waals surface area contributed by atoms with Crippen LogP contribution < -0.4 is 10.5 Å². The molecule has 30 heavy (non-hydrogen) atoms. The molecule has 0 aromatic carbocycles. The van der Waals surface area contributed by atoms with E-state index in [9.17, 15) is 14.4 Å². The van der Waals surface area contributed by atoms with Gasteiger partial charge in [0, 0.05) is 32.5 Å². The number of amides is 1. The number of aromatic nitrogens is 2. The molecule has 2 aromatic heterocycles. The molecule has 0 radical (unpaired) electrons. The van der Waals surface area contributed by atoms with Gasteiger partial charge in [0.05, 0.1) is 24.5 Å². The summed E-state index contributed by atoms with van der Waals surface area (Å²) >= 11 is 1.15. The van der Waals surface area contributed by atoms with Gasteiger partial charge in [0.2, 0.25) is 0 Å². The Morgan fingerprint density at radius 1 is 1.23 bits per heavy atom. The van der Waals surface area contributed by atoms with Gasteiger partial charge >= 0.3 is 5.97 Å². The van der Waals surface area contributed by atoms with Crippen molar-refractivity contribution in [3.8, 4) is 0 Å². The quantitative estimate of drug-likeness (QED) is 0.397. The van der Waals surface area contributed by atoms with Crippen molar-refractivity contribution in [3.05, 3.63) is 44.8 Å². The number of anilines is 1. The number of esters is 1. The van der Waals surface area contributed by atoms with Gasteiger partial charge in [0.15, 0.2) is 5.13 Å². The molecule has 0 N–H and O–H groups in total. The van der Waals surface area contributed by atoms with E-state index in [4.69, 9.17) is 9.47 Å². The molecule has 0 unspecified atom stereocenters. The van der Waals surface area contributed by atoms with Gasteiger partial charge in [-0.25, -0.2) is 9.78 Å². The van der Waals surface area contributed by atoms with E-state index in [0.29, 0.717) is 41.0 Å². The van der Waals surface area contributed by atoms with E-state index in [-0.39, 0.29) is 18.1 Å². The highest BCUT2D eigenvalue weighted by molar-refractivity contribution is 7.17. The molecule has 8 nitrogen and oxygen atoms in total. The molecule has 0 aliphatic rings. The topological polar surface area (TPSA) is 90.7 Å². The van der Waals surface area contributed by atoms with Crippen LogP contribution in [0.3, 0.4) is 0 Å². The zero-order valence-electron chi connectivity index (χ0n) is 18.0. The molecule has 0 aliphatic carbocycles. The largest absolute Gasteiger partial charge is 0.462 e. The zero-order valence-corrected chi connectivity index (χ0v) is 18.8.